The third-order valence-corrected chi connectivity index (χ3v) is 3.05. The van der Waals surface area contributed by atoms with E-state index in [1.807, 2.05) is 6.92 Å². The fraction of sp³-hybridized carbons (Fsp3) is 0.500. The fourth-order valence-electron chi connectivity index (χ4n) is 2.11. The minimum Gasteiger partial charge on any atom is -0.393 e. The van der Waals surface area contributed by atoms with Gasteiger partial charge in [0.15, 0.2) is 0 Å². The lowest BCUT2D eigenvalue weighted by molar-refractivity contribution is 0.169. The molecule has 2 rings (SSSR count). The summed E-state index contributed by atoms with van der Waals surface area (Å²) in [6.07, 6.45) is 1.01. The first-order valence-electron chi connectivity index (χ1n) is 4.93. The van der Waals surface area contributed by atoms with Crippen LogP contribution in [0.15, 0.2) is 24.3 Å². The molecule has 1 aliphatic carbocycles. The number of hydrogen-bond donors (Lipinski definition) is 1. The summed E-state index contributed by atoms with van der Waals surface area (Å²) in [6, 6.07) is 8.48. The quantitative estimate of drug-likeness (QED) is 0.734. The van der Waals surface area contributed by atoms with Gasteiger partial charge in [0.05, 0.1) is 6.10 Å². The van der Waals surface area contributed by atoms with Gasteiger partial charge in [-0.1, -0.05) is 24.3 Å². The highest BCUT2D eigenvalue weighted by Gasteiger charge is 2.41. The smallest absolute Gasteiger partial charge is 0.0546 e. The summed E-state index contributed by atoms with van der Waals surface area (Å²) in [5.41, 5.74) is 2.78. The van der Waals surface area contributed by atoms with Gasteiger partial charge < -0.3 is 5.11 Å². The summed E-state index contributed by atoms with van der Waals surface area (Å²) in [7, 11) is 0. The molecule has 1 aromatic rings. The number of hydrogen-bond acceptors (Lipinski definition) is 1. The molecule has 1 heteroatoms. The van der Waals surface area contributed by atoms with E-state index in [4.69, 9.17) is 0 Å². The van der Waals surface area contributed by atoms with E-state index >= 15 is 0 Å². The summed E-state index contributed by atoms with van der Waals surface area (Å²) in [5.74, 6) is 1.11. The summed E-state index contributed by atoms with van der Waals surface area (Å²) in [4.78, 5) is 0. The Hall–Kier alpha value is -0.820. The van der Waals surface area contributed by atoms with E-state index < -0.39 is 0 Å². The summed E-state index contributed by atoms with van der Waals surface area (Å²) < 4.78 is 0. The zero-order valence-corrected chi connectivity index (χ0v) is 8.20. The largest absolute Gasteiger partial charge is 0.393 e. The number of aryl methyl sites for hydroxylation is 1. The average Bonchev–Trinajstić information content (AvgIpc) is 2.84. The molecule has 0 radical (unpaired) electrons. The van der Waals surface area contributed by atoms with Crippen molar-refractivity contribution in [2.75, 3.05) is 0 Å². The van der Waals surface area contributed by atoms with Gasteiger partial charge in [0.1, 0.15) is 0 Å². The van der Waals surface area contributed by atoms with Crippen LogP contribution in [0.5, 0.6) is 0 Å². The molecule has 0 saturated heterocycles. The van der Waals surface area contributed by atoms with Crippen LogP contribution < -0.4 is 0 Å². The second-order valence-electron chi connectivity index (χ2n) is 4.10. The first kappa shape index (κ1) is 8.76. The minimum absolute atomic E-state index is 0.149. The monoisotopic (exact) mass is 176 g/mol. The van der Waals surface area contributed by atoms with E-state index in [9.17, 15) is 5.11 Å². The van der Waals surface area contributed by atoms with E-state index in [2.05, 4.69) is 31.2 Å². The van der Waals surface area contributed by atoms with Crippen molar-refractivity contribution in [2.45, 2.75) is 32.3 Å². The number of aliphatic hydroxyl groups is 1. The van der Waals surface area contributed by atoms with E-state index in [-0.39, 0.29) is 6.10 Å². The maximum Gasteiger partial charge on any atom is 0.0546 e. The van der Waals surface area contributed by atoms with Crippen LogP contribution in [0.2, 0.25) is 0 Å². The van der Waals surface area contributed by atoms with Gasteiger partial charge in [0.25, 0.3) is 0 Å². The number of rotatable bonds is 2. The molecule has 0 amide bonds. The van der Waals surface area contributed by atoms with Gasteiger partial charge >= 0.3 is 0 Å². The molecule has 3 atom stereocenters. The lowest BCUT2D eigenvalue weighted by atomic mass is 10.0. The Kier molecular flexibility index (Phi) is 2.12. The number of benzene rings is 1. The van der Waals surface area contributed by atoms with Crippen molar-refractivity contribution in [3.05, 3.63) is 35.4 Å². The molecule has 0 bridgehead atoms. The number of aliphatic hydroxyl groups excluding tert-OH is 1. The van der Waals surface area contributed by atoms with E-state index in [0.29, 0.717) is 11.8 Å². The Morgan fingerprint density at radius 3 is 2.62 bits per heavy atom. The van der Waals surface area contributed by atoms with Crippen LogP contribution in [-0.4, -0.2) is 11.2 Å². The molecule has 0 spiro atoms. The van der Waals surface area contributed by atoms with Crippen molar-refractivity contribution < 1.29 is 5.11 Å². The van der Waals surface area contributed by atoms with Crippen LogP contribution in [0.3, 0.4) is 0 Å². The predicted octanol–water partition coefficient (Wildman–Crippen LogP) is 2.48. The normalized spacial score (nSPS) is 28.5. The van der Waals surface area contributed by atoms with Gasteiger partial charge in [-0.15, -0.1) is 0 Å². The molecule has 1 aliphatic rings. The molecule has 0 aliphatic heterocycles. The van der Waals surface area contributed by atoms with Crippen LogP contribution in [0.1, 0.15) is 30.4 Å². The van der Waals surface area contributed by atoms with Crippen molar-refractivity contribution in [1.29, 1.82) is 0 Å². The second-order valence-corrected chi connectivity index (χ2v) is 4.10. The first-order valence-corrected chi connectivity index (χ1v) is 4.93. The van der Waals surface area contributed by atoms with Gasteiger partial charge in [-0.05, 0) is 43.2 Å². The molecule has 1 nitrogen and oxygen atoms in total. The molecule has 1 N–H and O–H groups in total. The van der Waals surface area contributed by atoms with Crippen LogP contribution >= 0.6 is 0 Å². The zero-order valence-electron chi connectivity index (χ0n) is 8.20. The predicted molar refractivity (Wildman–Crippen MR) is 53.7 cm³/mol. The second kappa shape index (κ2) is 3.15. The molecule has 0 heterocycles. The van der Waals surface area contributed by atoms with Crippen LogP contribution in [0.4, 0.5) is 0 Å². The molecular weight excluding hydrogens is 160 g/mol. The zero-order chi connectivity index (χ0) is 9.42. The lowest BCUT2D eigenvalue weighted by Gasteiger charge is -2.05. The third-order valence-electron chi connectivity index (χ3n) is 3.05. The van der Waals surface area contributed by atoms with Crippen molar-refractivity contribution in [1.82, 2.24) is 0 Å². The molecule has 70 valence electrons. The summed E-state index contributed by atoms with van der Waals surface area (Å²) >= 11 is 0. The lowest BCUT2D eigenvalue weighted by Crippen LogP contribution is -2.03. The SMILES string of the molecule is Cc1ccccc1[C@@H]1C[C@H]1[C@@H](C)O. The molecule has 0 aromatic heterocycles. The standard InChI is InChI=1S/C12H16O/c1-8-5-3-4-6-10(8)12-7-11(12)9(2)13/h3-6,9,11-13H,7H2,1-2H3/t9-,11+,12+/m1/s1. The topological polar surface area (TPSA) is 20.2 Å². The minimum atomic E-state index is -0.149. The Balaban J connectivity index is 2.16. The maximum atomic E-state index is 9.41. The Morgan fingerprint density at radius 1 is 1.38 bits per heavy atom. The summed E-state index contributed by atoms with van der Waals surface area (Å²) in [6.45, 7) is 4.04. The summed E-state index contributed by atoms with van der Waals surface area (Å²) in [5, 5.41) is 9.41. The van der Waals surface area contributed by atoms with Gasteiger partial charge in [-0.25, -0.2) is 0 Å². The first-order chi connectivity index (χ1) is 6.20. The van der Waals surface area contributed by atoms with Crippen LogP contribution in [0, 0.1) is 12.8 Å². The third kappa shape index (κ3) is 1.61. The Morgan fingerprint density at radius 2 is 2.08 bits per heavy atom. The highest BCUT2D eigenvalue weighted by molar-refractivity contribution is 5.33. The Labute approximate surface area is 79.4 Å². The molecule has 1 aromatic carbocycles. The average molecular weight is 176 g/mol. The van der Waals surface area contributed by atoms with Gasteiger partial charge in [0, 0.05) is 0 Å². The van der Waals surface area contributed by atoms with Crippen LogP contribution in [0.25, 0.3) is 0 Å². The van der Waals surface area contributed by atoms with Gasteiger partial charge in [-0.3, -0.25) is 0 Å². The van der Waals surface area contributed by atoms with Crippen molar-refractivity contribution in [3.8, 4) is 0 Å². The maximum absolute atomic E-state index is 9.41. The van der Waals surface area contributed by atoms with Crippen molar-refractivity contribution in [2.24, 2.45) is 5.92 Å². The molecule has 0 unspecified atom stereocenters. The van der Waals surface area contributed by atoms with E-state index in [1.165, 1.54) is 11.1 Å². The van der Waals surface area contributed by atoms with Crippen molar-refractivity contribution in [3.63, 3.8) is 0 Å². The molecule has 1 saturated carbocycles. The van der Waals surface area contributed by atoms with E-state index in [0.717, 1.165) is 6.42 Å². The Bertz CT molecular complexity index is 304. The highest BCUT2D eigenvalue weighted by atomic mass is 16.3. The molecule has 13 heavy (non-hydrogen) atoms. The fourth-order valence-corrected chi connectivity index (χ4v) is 2.11. The van der Waals surface area contributed by atoms with Gasteiger partial charge in [0.2, 0.25) is 0 Å². The molecular formula is C12H16O. The molecule has 1 fully saturated rings. The highest BCUT2D eigenvalue weighted by Crippen LogP contribution is 2.50. The van der Waals surface area contributed by atoms with Gasteiger partial charge in [-0.2, -0.15) is 0 Å². The van der Waals surface area contributed by atoms with Crippen LogP contribution in [-0.2, 0) is 0 Å². The van der Waals surface area contributed by atoms with Crippen molar-refractivity contribution >= 4 is 0 Å². The van der Waals surface area contributed by atoms with E-state index in [1.54, 1.807) is 0 Å².